The van der Waals surface area contributed by atoms with Gasteiger partial charge in [-0.05, 0) is 48.9 Å². The lowest BCUT2D eigenvalue weighted by Gasteiger charge is -2.28. The molecule has 158 valence electrons. The minimum Gasteiger partial charge on any atom is -0.322 e. The number of nitrogens with zero attached hydrogens (tertiary/aromatic N) is 2. The summed E-state index contributed by atoms with van der Waals surface area (Å²) >= 11 is 0. The second-order valence-electron chi connectivity index (χ2n) is 7.48. The van der Waals surface area contributed by atoms with E-state index in [-0.39, 0.29) is 23.6 Å². The van der Waals surface area contributed by atoms with E-state index in [1.807, 2.05) is 13.0 Å². The van der Waals surface area contributed by atoms with Crippen LogP contribution < -0.4 is 5.32 Å². The van der Waals surface area contributed by atoms with Gasteiger partial charge in [0.2, 0.25) is 5.91 Å². The first kappa shape index (κ1) is 20.5. The van der Waals surface area contributed by atoms with Crippen LogP contribution in [0.25, 0.3) is 11.3 Å². The molecule has 8 heteroatoms. The molecule has 2 heterocycles. The summed E-state index contributed by atoms with van der Waals surface area (Å²) in [6.07, 6.45) is 1.49. The molecule has 2 aromatic carbocycles. The van der Waals surface area contributed by atoms with E-state index in [0.29, 0.717) is 16.8 Å². The summed E-state index contributed by atoms with van der Waals surface area (Å²) in [6.45, 7) is 1.85. The topological polar surface area (TPSA) is 78.1 Å². The Morgan fingerprint density at radius 3 is 2.58 bits per heavy atom. The van der Waals surface area contributed by atoms with Gasteiger partial charge in [0.05, 0.1) is 11.4 Å². The van der Waals surface area contributed by atoms with Crippen molar-refractivity contribution in [2.24, 2.45) is 0 Å². The predicted molar refractivity (Wildman–Crippen MR) is 112 cm³/mol. The molecule has 0 radical (unpaired) electrons. The zero-order chi connectivity index (χ0) is 22.1. The van der Waals surface area contributed by atoms with Gasteiger partial charge in [-0.15, -0.1) is 0 Å². The summed E-state index contributed by atoms with van der Waals surface area (Å²) in [4.78, 5) is 26.7. The Balaban J connectivity index is 1.65. The van der Waals surface area contributed by atoms with Gasteiger partial charge in [-0.3, -0.25) is 14.7 Å². The standard InChI is InChI=1S/C23H20F2N4O2/c1-13-9-20(28-27-13)15-5-8-19(25)21(10-15)26-23(31)18-12-29(2)22(30)11-17(18)14-3-6-16(24)7-4-14/h3-10,12,17H,11H2,1-2H3,(H,26,31)(H,27,28)/t17-/m0/s1. The molecule has 1 aromatic heterocycles. The van der Waals surface area contributed by atoms with Crippen LogP contribution in [0, 0.1) is 18.6 Å². The molecule has 0 aliphatic carbocycles. The first-order valence-electron chi connectivity index (χ1n) is 9.68. The molecule has 0 fully saturated rings. The quantitative estimate of drug-likeness (QED) is 0.664. The van der Waals surface area contributed by atoms with Crippen molar-refractivity contribution < 1.29 is 18.4 Å². The van der Waals surface area contributed by atoms with E-state index in [4.69, 9.17) is 0 Å². The Morgan fingerprint density at radius 1 is 1.16 bits per heavy atom. The van der Waals surface area contributed by atoms with Crippen LogP contribution in [0.15, 0.2) is 60.3 Å². The van der Waals surface area contributed by atoms with Crippen molar-refractivity contribution in [1.29, 1.82) is 0 Å². The van der Waals surface area contributed by atoms with Gasteiger partial charge in [0, 0.05) is 42.4 Å². The molecule has 0 unspecified atom stereocenters. The first-order valence-corrected chi connectivity index (χ1v) is 9.68. The number of hydrogen-bond donors (Lipinski definition) is 2. The van der Waals surface area contributed by atoms with Crippen molar-refractivity contribution in [2.45, 2.75) is 19.3 Å². The van der Waals surface area contributed by atoms with Gasteiger partial charge in [0.1, 0.15) is 11.6 Å². The molecule has 0 bridgehead atoms. The highest BCUT2D eigenvalue weighted by atomic mass is 19.1. The molecule has 0 spiro atoms. The van der Waals surface area contributed by atoms with Crippen LogP contribution in [0.5, 0.6) is 0 Å². The third-order valence-corrected chi connectivity index (χ3v) is 5.23. The fourth-order valence-corrected chi connectivity index (χ4v) is 3.55. The molecule has 0 saturated carbocycles. The van der Waals surface area contributed by atoms with Crippen LogP contribution in [-0.4, -0.2) is 34.0 Å². The molecule has 6 nitrogen and oxygen atoms in total. The van der Waals surface area contributed by atoms with E-state index in [1.165, 1.54) is 35.4 Å². The predicted octanol–water partition coefficient (Wildman–Crippen LogP) is 4.13. The molecule has 1 atom stereocenters. The zero-order valence-corrected chi connectivity index (χ0v) is 16.9. The van der Waals surface area contributed by atoms with Crippen molar-refractivity contribution in [1.82, 2.24) is 15.1 Å². The zero-order valence-electron chi connectivity index (χ0n) is 16.9. The SMILES string of the molecule is Cc1cc(-c2ccc(F)c(NC(=O)C3=CN(C)C(=O)C[C@H]3c3ccc(F)cc3)c2)n[nH]1. The van der Waals surface area contributed by atoms with E-state index in [2.05, 4.69) is 15.5 Å². The number of anilines is 1. The Kier molecular flexibility index (Phi) is 5.37. The lowest BCUT2D eigenvalue weighted by Crippen LogP contribution is -2.33. The molecule has 0 saturated heterocycles. The highest BCUT2D eigenvalue weighted by Crippen LogP contribution is 2.34. The number of benzene rings is 2. The van der Waals surface area contributed by atoms with Crippen molar-refractivity contribution >= 4 is 17.5 Å². The normalized spacial score (nSPS) is 16.3. The smallest absolute Gasteiger partial charge is 0.253 e. The summed E-state index contributed by atoms with van der Waals surface area (Å²) < 4.78 is 27.8. The number of hydrogen-bond acceptors (Lipinski definition) is 3. The maximum atomic E-state index is 14.5. The fraction of sp³-hybridized carbons (Fsp3) is 0.174. The van der Waals surface area contributed by atoms with Crippen molar-refractivity contribution in [3.05, 3.63) is 83.2 Å². The van der Waals surface area contributed by atoms with Crippen LogP contribution in [0.4, 0.5) is 14.5 Å². The Labute approximate surface area is 177 Å². The summed E-state index contributed by atoms with van der Waals surface area (Å²) in [6, 6.07) is 11.8. The molecule has 1 aliphatic heterocycles. The van der Waals surface area contributed by atoms with E-state index >= 15 is 0 Å². The molecular formula is C23H20F2N4O2. The van der Waals surface area contributed by atoms with E-state index in [1.54, 1.807) is 25.2 Å². The number of aromatic nitrogens is 2. The van der Waals surface area contributed by atoms with Gasteiger partial charge in [0.15, 0.2) is 0 Å². The molecule has 2 N–H and O–H groups in total. The van der Waals surface area contributed by atoms with Crippen LogP contribution in [0.2, 0.25) is 0 Å². The van der Waals surface area contributed by atoms with Crippen LogP contribution >= 0.6 is 0 Å². The lowest BCUT2D eigenvalue weighted by atomic mass is 9.85. The average Bonchev–Trinajstić information content (AvgIpc) is 3.18. The third kappa shape index (κ3) is 4.23. The highest BCUT2D eigenvalue weighted by Gasteiger charge is 2.31. The largest absolute Gasteiger partial charge is 0.322 e. The maximum absolute atomic E-state index is 14.5. The third-order valence-electron chi connectivity index (χ3n) is 5.23. The number of H-pyrrole nitrogens is 1. The number of aryl methyl sites for hydroxylation is 1. The second kappa shape index (κ2) is 8.14. The molecule has 3 aromatic rings. The van der Waals surface area contributed by atoms with E-state index < -0.39 is 23.5 Å². The molecule has 1 aliphatic rings. The van der Waals surface area contributed by atoms with Gasteiger partial charge < -0.3 is 10.2 Å². The van der Waals surface area contributed by atoms with Crippen LogP contribution in [-0.2, 0) is 9.59 Å². The second-order valence-corrected chi connectivity index (χ2v) is 7.48. The highest BCUT2D eigenvalue weighted by molar-refractivity contribution is 6.06. The number of aromatic amines is 1. The van der Waals surface area contributed by atoms with Gasteiger partial charge >= 0.3 is 0 Å². The number of amides is 2. The number of carbonyl (C=O) groups excluding carboxylic acids is 2. The Morgan fingerprint density at radius 2 is 1.90 bits per heavy atom. The summed E-state index contributed by atoms with van der Waals surface area (Å²) in [5.41, 5.74) is 3.04. The fourth-order valence-electron chi connectivity index (χ4n) is 3.55. The van der Waals surface area contributed by atoms with Crippen molar-refractivity contribution in [2.75, 3.05) is 12.4 Å². The van der Waals surface area contributed by atoms with Crippen LogP contribution in [0.3, 0.4) is 0 Å². The minimum atomic E-state index is -0.594. The van der Waals surface area contributed by atoms with E-state index in [9.17, 15) is 18.4 Å². The van der Waals surface area contributed by atoms with Gasteiger partial charge in [-0.2, -0.15) is 5.10 Å². The molecule has 4 rings (SSSR count). The Hall–Kier alpha value is -3.81. The number of nitrogens with one attached hydrogen (secondary N) is 2. The van der Waals surface area contributed by atoms with Crippen molar-refractivity contribution in [3.8, 4) is 11.3 Å². The maximum Gasteiger partial charge on any atom is 0.253 e. The van der Waals surface area contributed by atoms with Gasteiger partial charge in [-0.1, -0.05) is 12.1 Å². The monoisotopic (exact) mass is 422 g/mol. The Bertz CT molecular complexity index is 1180. The summed E-state index contributed by atoms with van der Waals surface area (Å²) in [7, 11) is 1.55. The number of carbonyl (C=O) groups is 2. The summed E-state index contributed by atoms with van der Waals surface area (Å²) in [5, 5.41) is 9.59. The minimum absolute atomic E-state index is 0.00135. The number of halogens is 2. The lowest BCUT2D eigenvalue weighted by molar-refractivity contribution is -0.128. The summed E-state index contributed by atoms with van der Waals surface area (Å²) in [5.74, 6) is -2.28. The van der Waals surface area contributed by atoms with Gasteiger partial charge in [-0.25, -0.2) is 8.78 Å². The molecule has 31 heavy (non-hydrogen) atoms. The van der Waals surface area contributed by atoms with Crippen LogP contribution in [0.1, 0.15) is 23.6 Å². The van der Waals surface area contributed by atoms with Crippen molar-refractivity contribution in [3.63, 3.8) is 0 Å². The molecule has 2 amide bonds. The first-order chi connectivity index (χ1) is 14.8. The average molecular weight is 422 g/mol. The number of rotatable bonds is 4. The molecular weight excluding hydrogens is 402 g/mol. The van der Waals surface area contributed by atoms with Gasteiger partial charge in [0.25, 0.3) is 5.91 Å². The van der Waals surface area contributed by atoms with E-state index in [0.717, 1.165) is 5.69 Å².